The number of carbonyl (C=O) groups is 1. The van der Waals surface area contributed by atoms with Crippen LogP contribution in [-0.2, 0) is 24.4 Å². The molecule has 26 heavy (non-hydrogen) atoms. The van der Waals surface area contributed by atoms with Crippen LogP contribution in [-0.4, -0.2) is 41.5 Å². The standard InChI is InChI=1S/C20H27N5O/c1-21-20(23-11-14-24-12-4-5-13-24)22-10-6-9-19(26)25-15-17-7-2-3-8-18(17)16-25/h2-5,7-8,12-13H,6,9-11,14-16H2,1H3,(H2,21,22,23). The molecular weight excluding hydrogens is 326 g/mol. The second-order valence-electron chi connectivity index (χ2n) is 6.47. The average Bonchev–Trinajstić information content (AvgIpc) is 3.32. The minimum absolute atomic E-state index is 0.221. The van der Waals surface area contributed by atoms with E-state index in [0.29, 0.717) is 6.42 Å². The molecule has 0 spiro atoms. The van der Waals surface area contributed by atoms with Gasteiger partial charge < -0.3 is 20.1 Å². The summed E-state index contributed by atoms with van der Waals surface area (Å²) in [6, 6.07) is 12.3. The van der Waals surface area contributed by atoms with Crippen LogP contribution in [0.3, 0.4) is 0 Å². The number of guanidine groups is 1. The lowest BCUT2D eigenvalue weighted by atomic mass is 10.1. The van der Waals surface area contributed by atoms with Gasteiger partial charge in [-0.25, -0.2) is 0 Å². The molecule has 2 aromatic rings. The van der Waals surface area contributed by atoms with E-state index in [1.165, 1.54) is 11.1 Å². The molecule has 0 saturated carbocycles. The molecule has 6 heteroatoms. The fourth-order valence-electron chi connectivity index (χ4n) is 3.16. The van der Waals surface area contributed by atoms with Gasteiger partial charge in [0.05, 0.1) is 0 Å². The maximum absolute atomic E-state index is 12.4. The smallest absolute Gasteiger partial charge is 0.223 e. The Labute approximate surface area is 154 Å². The van der Waals surface area contributed by atoms with E-state index < -0.39 is 0 Å². The van der Waals surface area contributed by atoms with Crippen molar-refractivity contribution >= 4 is 11.9 Å². The van der Waals surface area contributed by atoms with E-state index in [-0.39, 0.29) is 5.91 Å². The quantitative estimate of drug-likeness (QED) is 0.455. The van der Waals surface area contributed by atoms with E-state index in [4.69, 9.17) is 0 Å². The summed E-state index contributed by atoms with van der Waals surface area (Å²) in [6.07, 6.45) is 5.44. The van der Waals surface area contributed by atoms with E-state index in [1.54, 1.807) is 7.05 Å². The molecule has 0 radical (unpaired) electrons. The van der Waals surface area contributed by atoms with Crippen LogP contribution in [0.25, 0.3) is 0 Å². The highest BCUT2D eigenvalue weighted by molar-refractivity contribution is 5.80. The van der Waals surface area contributed by atoms with Crippen LogP contribution in [0.5, 0.6) is 0 Å². The first-order chi connectivity index (χ1) is 12.8. The minimum atomic E-state index is 0.221. The van der Waals surface area contributed by atoms with Crippen LogP contribution in [0.15, 0.2) is 53.8 Å². The summed E-state index contributed by atoms with van der Waals surface area (Å²) >= 11 is 0. The van der Waals surface area contributed by atoms with Crippen molar-refractivity contribution < 1.29 is 4.79 Å². The van der Waals surface area contributed by atoms with Crippen LogP contribution in [0.1, 0.15) is 24.0 Å². The summed E-state index contributed by atoms with van der Waals surface area (Å²) in [5, 5.41) is 6.56. The Morgan fingerprint density at radius 3 is 2.35 bits per heavy atom. The normalized spacial score (nSPS) is 13.6. The number of aliphatic imine (C=N–C) groups is 1. The van der Waals surface area contributed by atoms with Gasteiger partial charge in [0.15, 0.2) is 5.96 Å². The van der Waals surface area contributed by atoms with Crippen LogP contribution < -0.4 is 10.6 Å². The van der Waals surface area contributed by atoms with Gasteiger partial charge in [-0.15, -0.1) is 0 Å². The van der Waals surface area contributed by atoms with Crippen LogP contribution >= 0.6 is 0 Å². The Morgan fingerprint density at radius 2 is 1.69 bits per heavy atom. The van der Waals surface area contributed by atoms with Gasteiger partial charge in [0.25, 0.3) is 0 Å². The summed E-state index contributed by atoms with van der Waals surface area (Å²) < 4.78 is 2.12. The van der Waals surface area contributed by atoms with Crippen molar-refractivity contribution in [2.24, 2.45) is 4.99 Å². The zero-order valence-electron chi connectivity index (χ0n) is 15.3. The van der Waals surface area contributed by atoms with Crippen molar-refractivity contribution in [3.63, 3.8) is 0 Å². The lowest BCUT2D eigenvalue weighted by Gasteiger charge is -2.16. The number of benzene rings is 1. The summed E-state index contributed by atoms with van der Waals surface area (Å²) in [6.45, 7) is 3.91. The molecule has 2 N–H and O–H groups in total. The molecular formula is C20H27N5O. The molecule has 0 atom stereocenters. The topological polar surface area (TPSA) is 61.7 Å². The van der Waals surface area contributed by atoms with Crippen LogP contribution in [0.4, 0.5) is 0 Å². The number of nitrogens with zero attached hydrogens (tertiary/aromatic N) is 3. The van der Waals surface area contributed by atoms with Gasteiger partial charge in [-0.2, -0.15) is 0 Å². The first-order valence-corrected chi connectivity index (χ1v) is 9.16. The SMILES string of the molecule is CN=C(NCCCC(=O)N1Cc2ccccc2C1)NCCn1cccc1. The minimum Gasteiger partial charge on any atom is -0.356 e. The van der Waals surface area contributed by atoms with Crippen LogP contribution in [0, 0.1) is 0 Å². The van der Waals surface area contributed by atoms with Gasteiger partial charge in [-0.3, -0.25) is 9.79 Å². The lowest BCUT2D eigenvalue weighted by Crippen LogP contribution is -2.39. The number of nitrogens with one attached hydrogen (secondary N) is 2. The highest BCUT2D eigenvalue weighted by atomic mass is 16.2. The number of aromatic nitrogens is 1. The molecule has 0 unspecified atom stereocenters. The molecule has 1 aromatic heterocycles. The number of hydrogen-bond acceptors (Lipinski definition) is 2. The van der Waals surface area contributed by atoms with Gasteiger partial charge >= 0.3 is 0 Å². The number of carbonyl (C=O) groups excluding carboxylic acids is 1. The molecule has 0 saturated heterocycles. The van der Waals surface area contributed by atoms with Crippen molar-refractivity contribution in [3.05, 3.63) is 59.9 Å². The predicted octanol–water partition coefficient (Wildman–Crippen LogP) is 1.98. The zero-order chi connectivity index (χ0) is 18.2. The maximum Gasteiger partial charge on any atom is 0.223 e. The molecule has 0 bridgehead atoms. The average molecular weight is 353 g/mol. The Balaban J connectivity index is 1.31. The fourth-order valence-corrected chi connectivity index (χ4v) is 3.16. The predicted molar refractivity (Wildman–Crippen MR) is 104 cm³/mol. The van der Waals surface area contributed by atoms with Crippen molar-refractivity contribution in [1.82, 2.24) is 20.1 Å². The van der Waals surface area contributed by atoms with E-state index in [9.17, 15) is 4.79 Å². The van der Waals surface area contributed by atoms with Gasteiger partial charge in [-0.1, -0.05) is 24.3 Å². The molecule has 1 aliphatic rings. The van der Waals surface area contributed by atoms with E-state index in [1.807, 2.05) is 41.6 Å². The van der Waals surface area contributed by atoms with Gasteiger partial charge in [0.1, 0.15) is 0 Å². The first kappa shape index (κ1) is 18.0. The lowest BCUT2D eigenvalue weighted by molar-refractivity contribution is -0.131. The number of fused-ring (bicyclic) bond motifs is 1. The van der Waals surface area contributed by atoms with Crippen molar-refractivity contribution in [2.45, 2.75) is 32.5 Å². The third kappa shape index (κ3) is 4.88. The van der Waals surface area contributed by atoms with Crippen LogP contribution in [0.2, 0.25) is 0 Å². The Hall–Kier alpha value is -2.76. The molecule has 138 valence electrons. The zero-order valence-corrected chi connectivity index (χ0v) is 15.3. The summed E-state index contributed by atoms with van der Waals surface area (Å²) in [5.41, 5.74) is 2.54. The highest BCUT2D eigenvalue weighted by Crippen LogP contribution is 2.22. The molecule has 0 aliphatic carbocycles. The third-order valence-corrected chi connectivity index (χ3v) is 4.61. The fraction of sp³-hybridized carbons (Fsp3) is 0.400. The van der Waals surface area contributed by atoms with E-state index in [0.717, 1.165) is 45.1 Å². The summed E-state index contributed by atoms with van der Waals surface area (Å²) in [7, 11) is 1.76. The molecule has 1 aromatic carbocycles. The van der Waals surface area contributed by atoms with Gasteiger partial charge in [0, 0.05) is 58.6 Å². The highest BCUT2D eigenvalue weighted by Gasteiger charge is 2.22. The Bertz CT molecular complexity index is 713. The van der Waals surface area contributed by atoms with Crippen molar-refractivity contribution in [3.8, 4) is 0 Å². The largest absolute Gasteiger partial charge is 0.356 e. The first-order valence-electron chi connectivity index (χ1n) is 9.16. The molecule has 1 amide bonds. The third-order valence-electron chi connectivity index (χ3n) is 4.61. The van der Waals surface area contributed by atoms with Crippen molar-refractivity contribution in [2.75, 3.05) is 20.1 Å². The number of amides is 1. The Kier molecular flexibility index (Phi) is 6.30. The van der Waals surface area contributed by atoms with Gasteiger partial charge in [-0.05, 0) is 29.7 Å². The van der Waals surface area contributed by atoms with E-state index >= 15 is 0 Å². The number of hydrogen-bond donors (Lipinski definition) is 2. The number of rotatable bonds is 7. The monoisotopic (exact) mass is 353 g/mol. The summed E-state index contributed by atoms with van der Waals surface area (Å²) in [5.74, 6) is 0.997. The Morgan fingerprint density at radius 1 is 1.04 bits per heavy atom. The molecule has 2 heterocycles. The van der Waals surface area contributed by atoms with E-state index in [2.05, 4.69) is 32.3 Å². The molecule has 3 rings (SSSR count). The maximum atomic E-state index is 12.4. The molecule has 6 nitrogen and oxygen atoms in total. The summed E-state index contributed by atoms with van der Waals surface area (Å²) in [4.78, 5) is 18.5. The molecule has 0 fully saturated rings. The van der Waals surface area contributed by atoms with Gasteiger partial charge in [0.2, 0.25) is 5.91 Å². The second-order valence-corrected chi connectivity index (χ2v) is 6.47. The van der Waals surface area contributed by atoms with Crippen molar-refractivity contribution in [1.29, 1.82) is 0 Å². The molecule has 1 aliphatic heterocycles. The second kappa shape index (κ2) is 9.08.